The van der Waals surface area contributed by atoms with Crippen LogP contribution in [0.2, 0.25) is 0 Å². The number of anilines is 1. The number of fused-ring (bicyclic) bond motifs is 6. The topological polar surface area (TPSA) is 176 Å². The molecule has 0 saturated heterocycles. The summed E-state index contributed by atoms with van der Waals surface area (Å²) in [7, 11) is 0. The first-order valence-corrected chi connectivity index (χ1v) is 33.8. The number of hydrogen-bond acceptors (Lipinski definition) is 10. The van der Waals surface area contributed by atoms with Crippen molar-refractivity contribution < 1.29 is 87.6 Å². The number of carboxylic acid groups (broad SMARTS) is 2. The normalized spacial score (nSPS) is 18.3. The summed E-state index contributed by atoms with van der Waals surface area (Å²) in [6.45, 7) is 25.3. The predicted molar refractivity (Wildman–Crippen MR) is 376 cm³/mol. The van der Waals surface area contributed by atoms with Crippen molar-refractivity contribution in [1.29, 1.82) is 0 Å². The minimum atomic E-state index is -1.23. The molecule has 6 aromatic carbocycles. The van der Waals surface area contributed by atoms with Gasteiger partial charge in [0.2, 0.25) is 5.36 Å². The number of benzene rings is 6. The minimum Gasteiger partial charge on any atom is -0.872 e. The van der Waals surface area contributed by atoms with Crippen molar-refractivity contribution in [3.8, 4) is 28.7 Å². The fourth-order valence-corrected chi connectivity index (χ4v) is 15.9. The van der Waals surface area contributed by atoms with Crippen LogP contribution in [0.4, 0.5) is 10.4 Å². The van der Waals surface area contributed by atoms with Crippen molar-refractivity contribution in [3.05, 3.63) is 255 Å². The molecule has 0 fully saturated rings. The number of ketones is 3. The maximum Gasteiger partial charge on any atom is 0.336 e. The summed E-state index contributed by atoms with van der Waals surface area (Å²) in [6, 6.07) is 23.9. The summed E-state index contributed by atoms with van der Waals surface area (Å²) in [5.74, 6) is 0.785. The van der Waals surface area contributed by atoms with Crippen LogP contribution in [0, 0.1) is 28.1 Å². The third kappa shape index (κ3) is 12.2. The van der Waals surface area contributed by atoms with Gasteiger partial charge in [0, 0.05) is 160 Å². The van der Waals surface area contributed by atoms with Crippen LogP contribution in [-0.4, -0.2) is 60.6 Å². The van der Waals surface area contributed by atoms with Crippen molar-refractivity contribution >= 4 is 52.7 Å². The molecule has 0 spiro atoms. The number of aryl methyl sites for hydroxylation is 2. The molecule has 1 N–H and O–H groups in total. The molecule has 0 saturated carbocycles. The maximum atomic E-state index is 13.5. The molecule has 98 heavy (non-hydrogen) atoms. The Morgan fingerprint density at radius 1 is 0.582 bits per heavy atom. The van der Waals surface area contributed by atoms with E-state index in [1.54, 1.807) is 42.5 Å². The van der Waals surface area contributed by atoms with Crippen molar-refractivity contribution in [1.82, 2.24) is 4.58 Å². The van der Waals surface area contributed by atoms with E-state index < -0.39 is 22.8 Å². The summed E-state index contributed by atoms with van der Waals surface area (Å²) in [5.41, 5.74) is 15.9. The average Bonchev–Trinajstić information content (AvgIpc) is 0.722. The second-order valence-corrected chi connectivity index (χ2v) is 30.0. The number of hydrogen-bond donors (Lipinski definition) is 1. The van der Waals surface area contributed by atoms with Gasteiger partial charge in [-0.05, 0) is 131 Å². The smallest absolute Gasteiger partial charge is 0.336 e. The van der Waals surface area contributed by atoms with E-state index in [0.717, 1.165) is 116 Å². The minimum absolute atomic E-state index is 0. The number of ether oxygens (including phenoxy) is 2. The molecular formula is C84H82FN2O10Y-. The SMILES string of the molecule is C=c1ccc2c(c1)Oc1cc([O-])ccc1C=2c1cc(C(=O)C(C)(C)C)ccc1C(=O)O.CC(C)(C)C(=O)C1=CC2=CC=CC3=CC=C4C=CC=C1C4C32.CC(C)(C)C(=O)c1ccc(C(=O)[O-])c(C2=c3cc4c5c(c3Oc3c2cc2c6c3CCCN6CCC2)CCC[N+]=5CCC4)c1.F.[3HH].[Y]. The molecule has 2 unspecified atom stereocenters. The average molecular weight is 1390 g/mol. The first kappa shape index (κ1) is 69.0. The molecule has 6 aromatic rings. The number of carboxylic acids is 2. The van der Waals surface area contributed by atoms with Gasteiger partial charge in [0.1, 0.15) is 36.1 Å². The van der Waals surface area contributed by atoms with Crippen LogP contribution in [0.1, 0.15) is 175 Å². The zero-order valence-corrected chi connectivity index (χ0v) is 60.0. The molecule has 1 radical (unpaired) electrons. The van der Waals surface area contributed by atoms with Gasteiger partial charge in [-0.3, -0.25) is 19.1 Å². The first-order valence-electron chi connectivity index (χ1n) is 33.8. The van der Waals surface area contributed by atoms with Gasteiger partial charge >= 0.3 is 5.97 Å². The molecule has 499 valence electrons. The summed E-state index contributed by atoms with van der Waals surface area (Å²) in [6.07, 6.45) is 27.6. The summed E-state index contributed by atoms with van der Waals surface area (Å²) in [4.78, 5) is 66.7. The number of allylic oxidation sites excluding steroid dienone is 14. The van der Waals surface area contributed by atoms with E-state index in [4.69, 9.17) is 9.47 Å². The van der Waals surface area contributed by atoms with Gasteiger partial charge in [-0.15, -0.1) is 5.75 Å². The zero-order valence-electron chi connectivity index (χ0n) is 57.1. The third-order valence-corrected chi connectivity index (χ3v) is 20.3. The summed E-state index contributed by atoms with van der Waals surface area (Å²) in [5, 5.41) is 38.2. The molecule has 6 aliphatic heterocycles. The van der Waals surface area contributed by atoms with Gasteiger partial charge in [0.25, 0.3) is 0 Å². The van der Waals surface area contributed by atoms with Crippen molar-refractivity contribution in [2.45, 2.75) is 114 Å². The Bertz CT molecular complexity index is 5010. The zero-order chi connectivity index (χ0) is 67.6. The van der Waals surface area contributed by atoms with Crippen molar-refractivity contribution in [3.63, 3.8) is 0 Å². The third-order valence-electron chi connectivity index (χ3n) is 20.3. The van der Waals surface area contributed by atoms with Crippen LogP contribution >= 0.6 is 0 Å². The monoisotopic (exact) mass is 1390 g/mol. The number of carbonyl (C=O) groups excluding carboxylic acids is 4. The number of Topliss-reactive ketones (excluding diaryl/α,β-unsaturated/α-hetero) is 3. The Balaban J connectivity index is 0.000000156. The molecule has 14 heteroatoms. The quantitative estimate of drug-likeness (QED) is 0.119. The van der Waals surface area contributed by atoms with Crippen molar-refractivity contribution in [2.24, 2.45) is 28.1 Å². The Kier molecular flexibility index (Phi) is 18.4. The molecule has 0 amide bonds. The van der Waals surface area contributed by atoms with Gasteiger partial charge in [0.15, 0.2) is 17.3 Å². The van der Waals surface area contributed by atoms with Gasteiger partial charge in [0.05, 0.1) is 17.1 Å². The Hall–Kier alpha value is -8.91. The second kappa shape index (κ2) is 26.1. The largest absolute Gasteiger partial charge is 0.872 e. The molecular weight excluding hydrogens is 1300 g/mol. The van der Waals surface area contributed by atoms with Crippen LogP contribution in [0.3, 0.4) is 0 Å². The second-order valence-electron chi connectivity index (χ2n) is 30.0. The number of halogens is 1. The van der Waals surface area contributed by atoms with E-state index in [1.165, 1.54) is 73.8 Å². The van der Waals surface area contributed by atoms with Gasteiger partial charge in [-0.1, -0.05) is 160 Å². The van der Waals surface area contributed by atoms with Crippen LogP contribution in [0.5, 0.6) is 28.7 Å². The molecule has 10 aliphatic rings. The fraction of sp³-hybridized carbons (Fsp3) is 0.310. The molecule has 0 aromatic heterocycles. The fourth-order valence-electron chi connectivity index (χ4n) is 15.9. The molecule has 2 atom stereocenters. The van der Waals surface area contributed by atoms with Gasteiger partial charge < -0.3 is 34.5 Å². The summed E-state index contributed by atoms with van der Waals surface area (Å²) >= 11 is 0. The number of nitrogens with zero attached hydrogens (tertiary/aromatic N) is 2. The van der Waals surface area contributed by atoms with Crippen LogP contribution < -0.4 is 50.2 Å². The van der Waals surface area contributed by atoms with Crippen LogP contribution in [0.25, 0.3) is 17.7 Å². The standard InChI is InChI=1S/C37H38N2O4.C26H22O5.C21H20O.FH.Y.H2/c1-37(2,3)35(40)23-12-13-24(36(41)42)27(20-23)30-28-18-21-8-4-14-38-16-6-10-25(31(21)38)33(28)43-34-26-11-7-17-39-15-5-9-22(32(26)39)19-29(30)34;1-14-5-8-18-21(11-14)31-22-13-16(27)7-10-19(22)23(18)20-12-15(24(28)26(2,3)4)6-9-17(20)25(29)30;1-21(2,3)20(22)17-12-15-8-4-6-13-10-11-14-7-5-9-16(17)19(14)18(13)15;;;/h12-13,18-20H,4-11,14-17H2,1-3H3;5-13,27H,1H2,2-4H3,(H,29,30);4-12,18-19H,1-3H3;1H;;1H/p-1/i;;;;;1+2. The van der Waals surface area contributed by atoms with Gasteiger partial charge in [-0.2, -0.15) is 0 Å². The molecule has 16 rings (SSSR count). The molecule has 0 bridgehead atoms. The van der Waals surface area contributed by atoms with Crippen LogP contribution in [-0.2, 0) is 63.2 Å². The molecule has 12 nitrogen and oxygen atoms in total. The van der Waals surface area contributed by atoms with E-state index in [0.29, 0.717) is 61.9 Å². The van der Waals surface area contributed by atoms with Gasteiger partial charge in [-0.25, -0.2) is 9.37 Å². The first-order chi connectivity index (χ1) is 45.7. The Morgan fingerprint density at radius 2 is 1.18 bits per heavy atom. The predicted octanol–water partition coefficient (Wildman–Crippen LogP) is 12.2. The Labute approximate surface area is 597 Å². The number of aromatic carboxylic acids is 2. The number of rotatable bonds is 7. The van der Waals surface area contributed by atoms with E-state index in [9.17, 15) is 39.3 Å². The molecule has 4 aliphatic carbocycles. The van der Waals surface area contributed by atoms with E-state index in [-0.39, 0.29) is 78.5 Å². The van der Waals surface area contributed by atoms with E-state index in [2.05, 4.69) is 82.9 Å². The van der Waals surface area contributed by atoms with E-state index in [1.807, 2.05) is 74.4 Å². The van der Waals surface area contributed by atoms with Crippen molar-refractivity contribution in [2.75, 3.05) is 31.1 Å². The summed E-state index contributed by atoms with van der Waals surface area (Å²) < 4.78 is 15.6. The maximum absolute atomic E-state index is 13.5. The number of carbonyl (C=O) groups is 5. The van der Waals surface area contributed by atoms with Crippen LogP contribution in [0.15, 0.2) is 167 Å². The van der Waals surface area contributed by atoms with E-state index >= 15 is 0 Å². The Morgan fingerprint density at radius 3 is 1.85 bits per heavy atom. The molecule has 6 heterocycles.